The minimum atomic E-state index is -0.391. The number of pyridine rings is 1. The molecule has 1 unspecified atom stereocenters. The van der Waals surface area contributed by atoms with Gasteiger partial charge in [-0.3, -0.25) is 9.20 Å². The molecule has 0 saturated heterocycles. The number of carbonyl (C=O) groups excluding carboxylic acids is 1. The van der Waals surface area contributed by atoms with Gasteiger partial charge in [0.1, 0.15) is 5.75 Å². The minimum Gasteiger partial charge on any atom is -0.497 e. The molecule has 0 saturated carbocycles. The summed E-state index contributed by atoms with van der Waals surface area (Å²) in [4.78, 5) is 12.8. The number of anilines is 1. The maximum absolute atomic E-state index is 12.8. The highest BCUT2D eigenvalue weighted by Crippen LogP contribution is 2.31. The number of fused-ring (bicyclic) bond motifs is 3. The Morgan fingerprint density at radius 1 is 1.20 bits per heavy atom. The molecule has 1 amide bonds. The second-order valence-electron chi connectivity index (χ2n) is 7.05. The zero-order chi connectivity index (χ0) is 21.4. The average molecular weight is 441 g/mol. The number of ether oxygens (including phenoxy) is 1. The quantitative estimate of drug-likeness (QED) is 0.427. The Hall–Kier alpha value is -2.77. The van der Waals surface area contributed by atoms with Crippen LogP contribution >= 0.6 is 23.4 Å². The summed E-state index contributed by atoms with van der Waals surface area (Å²) in [6, 6.07) is 13.4. The number of halogens is 1. The number of amides is 1. The summed E-state index contributed by atoms with van der Waals surface area (Å²) in [6.45, 7) is 5.77. The lowest BCUT2D eigenvalue weighted by Gasteiger charge is -2.14. The van der Waals surface area contributed by atoms with Crippen molar-refractivity contribution in [1.82, 2.24) is 14.6 Å². The fourth-order valence-corrected chi connectivity index (χ4v) is 4.34. The average Bonchev–Trinajstić information content (AvgIpc) is 3.13. The second-order valence-corrected chi connectivity index (χ2v) is 8.76. The normalized spacial score (nSPS) is 12.3. The molecule has 0 spiro atoms. The molecule has 30 heavy (non-hydrogen) atoms. The van der Waals surface area contributed by atoms with E-state index >= 15 is 0 Å². The fraction of sp³-hybridized carbons (Fsp3) is 0.227. The predicted octanol–water partition coefficient (Wildman–Crippen LogP) is 5.28. The van der Waals surface area contributed by atoms with Crippen molar-refractivity contribution in [2.24, 2.45) is 0 Å². The number of thioether (sulfide) groups is 1. The summed E-state index contributed by atoms with van der Waals surface area (Å²) in [5, 5.41) is 13.6. The van der Waals surface area contributed by atoms with E-state index in [2.05, 4.69) is 15.5 Å². The van der Waals surface area contributed by atoms with Crippen LogP contribution in [0.4, 0.5) is 5.69 Å². The maximum Gasteiger partial charge on any atom is 0.237 e. The molecule has 8 heteroatoms. The number of benzene rings is 2. The van der Waals surface area contributed by atoms with Gasteiger partial charge in [-0.25, -0.2) is 0 Å². The molecule has 2 aromatic heterocycles. The molecule has 0 radical (unpaired) electrons. The number of hydrogen-bond acceptors (Lipinski definition) is 5. The molecule has 2 heterocycles. The lowest BCUT2D eigenvalue weighted by Crippen LogP contribution is -2.23. The summed E-state index contributed by atoms with van der Waals surface area (Å²) < 4.78 is 7.36. The van der Waals surface area contributed by atoms with Crippen LogP contribution in [-0.2, 0) is 4.79 Å². The first kappa shape index (κ1) is 20.5. The van der Waals surface area contributed by atoms with Crippen LogP contribution in [0.3, 0.4) is 0 Å². The van der Waals surface area contributed by atoms with Crippen molar-refractivity contribution in [1.29, 1.82) is 0 Å². The van der Waals surface area contributed by atoms with Crippen molar-refractivity contribution in [3.05, 3.63) is 58.6 Å². The zero-order valence-corrected chi connectivity index (χ0v) is 18.6. The van der Waals surface area contributed by atoms with Gasteiger partial charge in [-0.15, -0.1) is 10.2 Å². The minimum absolute atomic E-state index is 0.129. The van der Waals surface area contributed by atoms with Gasteiger partial charge in [-0.05, 0) is 62.2 Å². The number of aromatic nitrogens is 3. The molecule has 4 aromatic rings. The van der Waals surface area contributed by atoms with E-state index in [0.717, 1.165) is 33.4 Å². The molecule has 0 bridgehead atoms. The highest BCUT2D eigenvalue weighted by molar-refractivity contribution is 8.00. The van der Waals surface area contributed by atoms with Gasteiger partial charge < -0.3 is 10.1 Å². The number of aryl methyl sites for hydroxylation is 1. The van der Waals surface area contributed by atoms with Gasteiger partial charge in [0, 0.05) is 22.2 Å². The number of nitrogens with zero attached hydrogens (tertiary/aromatic N) is 3. The molecule has 0 aliphatic carbocycles. The number of methoxy groups -OCH3 is 1. The molecule has 0 aliphatic rings. The van der Waals surface area contributed by atoms with E-state index in [4.69, 9.17) is 16.3 Å². The van der Waals surface area contributed by atoms with E-state index < -0.39 is 5.25 Å². The molecule has 0 fully saturated rings. The Labute approximate surface area is 183 Å². The molecular weight excluding hydrogens is 420 g/mol. The lowest BCUT2D eigenvalue weighted by atomic mass is 10.1. The van der Waals surface area contributed by atoms with Crippen molar-refractivity contribution in [3.8, 4) is 5.75 Å². The van der Waals surface area contributed by atoms with Gasteiger partial charge in [0.2, 0.25) is 5.91 Å². The van der Waals surface area contributed by atoms with Crippen molar-refractivity contribution >= 4 is 51.5 Å². The summed E-state index contributed by atoms with van der Waals surface area (Å²) in [5.41, 5.74) is 4.32. The standard InChI is InChI=1S/C22H21ClN4O2S/c1-12-10-20-25-26-22(27(20)19-11-15(29-4)8-9-16(12)19)30-14(3)21(28)24-18-7-5-6-17(23)13(18)2/h5-11,14H,1-4H3,(H,24,28). The van der Waals surface area contributed by atoms with Crippen LogP contribution in [-0.4, -0.2) is 32.9 Å². The third kappa shape index (κ3) is 3.70. The SMILES string of the molecule is COc1ccc2c(C)cc3nnc(SC(C)C(=O)Nc4cccc(Cl)c4C)n3c2c1. The molecule has 0 aliphatic heterocycles. The Balaban J connectivity index is 1.67. The Morgan fingerprint density at radius 2 is 2.00 bits per heavy atom. The number of nitrogens with one attached hydrogen (secondary N) is 1. The van der Waals surface area contributed by atoms with E-state index in [9.17, 15) is 4.79 Å². The second kappa shape index (κ2) is 8.16. The number of carbonyl (C=O) groups is 1. The Morgan fingerprint density at radius 3 is 2.77 bits per heavy atom. The molecule has 2 aromatic carbocycles. The maximum atomic E-state index is 12.8. The Bertz CT molecular complexity index is 1270. The van der Waals surface area contributed by atoms with E-state index in [1.165, 1.54) is 11.8 Å². The molecule has 4 rings (SSSR count). The van der Waals surface area contributed by atoms with Crippen LogP contribution in [0.2, 0.25) is 5.02 Å². The third-order valence-corrected chi connectivity index (χ3v) is 6.50. The van der Waals surface area contributed by atoms with Gasteiger partial charge in [-0.2, -0.15) is 0 Å². The molecular formula is C22H21ClN4O2S. The van der Waals surface area contributed by atoms with E-state index in [1.807, 2.05) is 61.6 Å². The highest BCUT2D eigenvalue weighted by Gasteiger charge is 2.20. The predicted molar refractivity (Wildman–Crippen MR) is 122 cm³/mol. The van der Waals surface area contributed by atoms with Crippen LogP contribution in [0.25, 0.3) is 16.6 Å². The molecule has 154 valence electrons. The van der Waals surface area contributed by atoms with E-state index in [1.54, 1.807) is 13.2 Å². The first-order chi connectivity index (χ1) is 14.4. The van der Waals surface area contributed by atoms with Crippen LogP contribution in [0.5, 0.6) is 5.75 Å². The smallest absolute Gasteiger partial charge is 0.237 e. The van der Waals surface area contributed by atoms with Crippen molar-refractivity contribution < 1.29 is 9.53 Å². The fourth-order valence-electron chi connectivity index (χ4n) is 3.29. The van der Waals surface area contributed by atoms with Gasteiger partial charge in [0.15, 0.2) is 10.8 Å². The van der Waals surface area contributed by atoms with Crippen molar-refractivity contribution in [2.45, 2.75) is 31.2 Å². The zero-order valence-electron chi connectivity index (χ0n) is 17.1. The molecule has 1 N–H and O–H groups in total. The van der Waals surface area contributed by atoms with Crippen LogP contribution in [0, 0.1) is 13.8 Å². The van der Waals surface area contributed by atoms with Gasteiger partial charge in [0.25, 0.3) is 0 Å². The summed E-state index contributed by atoms with van der Waals surface area (Å²) in [5.74, 6) is 0.623. The van der Waals surface area contributed by atoms with Crippen LogP contribution < -0.4 is 10.1 Å². The molecule has 1 atom stereocenters. The summed E-state index contributed by atoms with van der Waals surface area (Å²) in [7, 11) is 1.64. The number of rotatable bonds is 5. The van der Waals surface area contributed by atoms with Gasteiger partial charge in [-0.1, -0.05) is 29.4 Å². The van der Waals surface area contributed by atoms with Crippen LogP contribution in [0.15, 0.2) is 47.6 Å². The largest absolute Gasteiger partial charge is 0.497 e. The number of hydrogen-bond donors (Lipinski definition) is 1. The van der Waals surface area contributed by atoms with Gasteiger partial charge >= 0.3 is 0 Å². The van der Waals surface area contributed by atoms with Crippen molar-refractivity contribution in [2.75, 3.05) is 12.4 Å². The topological polar surface area (TPSA) is 68.5 Å². The van der Waals surface area contributed by atoms with E-state index in [0.29, 0.717) is 15.9 Å². The highest BCUT2D eigenvalue weighted by atomic mass is 35.5. The summed E-state index contributed by atoms with van der Waals surface area (Å²) in [6.07, 6.45) is 0. The van der Waals surface area contributed by atoms with Gasteiger partial charge in [0.05, 0.1) is 17.9 Å². The van der Waals surface area contributed by atoms with E-state index in [-0.39, 0.29) is 5.91 Å². The molecule has 6 nitrogen and oxygen atoms in total. The van der Waals surface area contributed by atoms with Crippen molar-refractivity contribution in [3.63, 3.8) is 0 Å². The first-order valence-corrected chi connectivity index (χ1v) is 10.7. The summed E-state index contributed by atoms with van der Waals surface area (Å²) >= 11 is 7.52. The lowest BCUT2D eigenvalue weighted by molar-refractivity contribution is -0.115. The first-order valence-electron chi connectivity index (χ1n) is 9.44. The Kier molecular flexibility index (Phi) is 5.58. The third-order valence-electron chi connectivity index (χ3n) is 5.05. The monoisotopic (exact) mass is 440 g/mol. The van der Waals surface area contributed by atoms with Crippen LogP contribution in [0.1, 0.15) is 18.1 Å².